The summed E-state index contributed by atoms with van der Waals surface area (Å²) in [6.45, 7) is 3.94. The molecule has 3 aliphatic rings. The predicted molar refractivity (Wildman–Crippen MR) is 121 cm³/mol. The fourth-order valence-electron chi connectivity index (χ4n) is 4.64. The molecule has 0 saturated carbocycles. The Morgan fingerprint density at radius 2 is 2.09 bits per heavy atom. The Kier molecular flexibility index (Phi) is 4.63. The van der Waals surface area contributed by atoms with E-state index in [0.717, 1.165) is 0 Å². The predicted octanol–water partition coefficient (Wildman–Crippen LogP) is 2.29. The number of anilines is 2. The van der Waals surface area contributed by atoms with Gasteiger partial charge in [-0.15, -0.1) is 10.2 Å². The van der Waals surface area contributed by atoms with Crippen molar-refractivity contribution in [1.29, 1.82) is 0 Å². The maximum atomic E-state index is 15.3. The minimum atomic E-state index is -1.12. The van der Waals surface area contributed by atoms with Gasteiger partial charge in [-0.25, -0.2) is 19.9 Å². The second kappa shape index (κ2) is 7.27. The van der Waals surface area contributed by atoms with Gasteiger partial charge in [0, 0.05) is 30.4 Å². The molecule has 5 rings (SSSR count). The molecular formula is C22H25FN8O. The zero-order chi connectivity index (χ0) is 22.5. The van der Waals surface area contributed by atoms with Crippen LogP contribution in [-0.2, 0) is 0 Å². The summed E-state index contributed by atoms with van der Waals surface area (Å²) < 4.78 is 15.3. The van der Waals surface area contributed by atoms with E-state index in [0.29, 0.717) is 29.3 Å². The molecule has 3 aliphatic heterocycles. The van der Waals surface area contributed by atoms with Gasteiger partial charge in [-0.1, -0.05) is 12.2 Å². The highest BCUT2D eigenvalue weighted by atomic mass is 19.1. The van der Waals surface area contributed by atoms with Crippen molar-refractivity contribution < 1.29 is 9.50 Å². The number of hydrogen-bond acceptors (Lipinski definition) is 9. The molecule has 0 spiro atoms. The third kappa shape index (κ3) is 3.36. The molecule has 32 heavy (non-hydrogen) atoms. The minimum Gasteiger partial charge on any atom is -0.507 e. The summed E-state index contributed by atoms with van der Waals surface area (Å²) in [5.74, 6) is 0.377. The van der Waals surface area contributed by atoms with Crippen LogP contribution in [0.1, 0.15) is 20.3 Å². The van der Waals surface area contributed by atoms with Crippen molar-refractivity contribution >= 4 is 17.9 Å². The summed E-state index contributed by atoms with van der Waals surface area (Å²) in [7, 11) is 1.79. The number of phenols is 1. The van der Waals surface area contributed by atoms with Crippen LogP contribution in [0.2, 0.25) is 0 Å². The van der Waals surface area contributed by atoms with E-state index in [2.05, 4.69) is 38.1 Å². The Hall–Kier alpha value is -3.53. The van der Waals surface area contributed by atoms with Gasteiger partial charge in [0.25, 0.3) is 0 Å². The molecule has 2 bridgehead atoms. The number of aromatic hydroxyl groups is 1. The number of hydrazone groups is 1. The fraction of sp³-hybridized carbons (Fsp3) is 0.364. The first-order valence-electron chi connectivity index (χ1n) is 10.4. The van der Waals surface area contributed by atoms with Crippen LogP contribution in [0.3, 0.4) is 0 Å². The van der Waals surface area contributed by atoms with Gasteiger partial charge in [0.05, 0.1) is 29.7 Å². The lowest BCUT2D eigenvalue weighted by atomic mass is 9.81. The van der Waals surface area contributed by atoms with Gasteiger partial charge in [0.1, 0.15) is 17.6 Å². The highest BCUT2D eigenvalue weighted by Gasteiger charge is 2.53. The summed E-state index contributed by atoms with van der Waals surface area (Å²) in [5.41, 5.74) is 3.47. The molecule has 166 valence electrons. The van der Waals surface area contributed by atoms with E-state index in [-0.39, 0.29) is 11.3 Å². The standard InChI is InChI=1S/C22H25FN8O/c1-21-7-8-22(2,28-21)19(23)17(12-21)30(3)20-24-13-16(26-27-20)15-6-5-14(11-18(15)32)31-10-4-9-25-29-31/h4-11,13,17,19,28-29,32H,12H2,1-3H3/t17-,19+,21-,22+/m0/s1. The van der Waals surface area contributed by atoms with Gasteiger partial charge < -0.3 is 10.0 Å². The number of fused-ring (bicyclic) bond motifs is 2. The molecular weight excluding hydrogens is 411 g/mol. The second-order valence-corrected chi connectivity index (χ2v) is 8.88. The van der Waals surface area contributed by atoms with E-state index in [1.54, 1.807) is 53.8 Å². The van der Waals surface area contributed by atoms with Crippen LogP contribution >= 0.6 is 0 Å². The lowest BCUT2D eigenvalue weighted by molar-refractivity contribution is 0.0999. The molecule has 1 aromatic carbocycles. The van der Waals surface area contributed by atoms with E-state index in [9.17, 15) is 5.11 Å². The minimum absolute atomic E-state index is 0.0372. The number of allylic oxidation sites excluding steroid dienone is 1. The molecule has 0 aliphatic carbocycles. The van der Waals surface area contributed by atoms with E-state index >= 15 is 4.39 Å². The topological polar surface area (TPSA) is 102 Å². The molecule has 0 radical (unpaired) electrons. The lowest BCUT2D eigenvalue weighted by Crippen LogP contribution is -2.66. The van der Waals surface area contributed by atoms with Crippen LogP contribution in [0, 0.1) is 0 Å². The average Bonchev–Trinajstić information content (AvgIpc) is 3.08. The molecule has 1 aromatic heterocycles. The smallest absolute Gasteiger partial charge is 0.245 e. The molecule has 0 amide bonds. The number of halogens is 1. The first-order chi connectivity index (χ1) is 15.3. The number of rotatable bonds is 4. The number of benzene rings is 1. The first-order valence-corrected chi connectivity index (χ1v) is 10.4. The van der Waals surface area contributed by atoms with Crippen molar-refractivity contribution in [3.63, 3.8) is 0 Å². The van der Waals surface area contributed by atoms with Crippen molar-refractivity contribution in [2.45, 2.75) is 43.6 Å². The number of nitrogens with zero attached hydrogens (tertiary/aromatic N) is 6. The maximum absolute atomic E-state index is 15.3. The lowest BCUT2D eigenvalue weighted by Gasteiger charge is -2.47. The van der Waals surface area contributed by atoms with Crippen LogP contribution in [0.5, 0.6) is 5.75 Å². The molecule has 0 unspecified atom stereocenters. The van der Waals surface area contributed by atoms with Crippen molar-refractivity contribution in [2.24, 2.45) is 5.10 Å². The Morgan fingerprint density at radius 3 is 2.78 bits per heavy atom. The number of hydrazine groups is 1. The van der Waals surface area contributed by atoms with Crippen LogP contribution in [-0.4, -0.2) is 56.8 Å². The van der Waals surface area contributed by atoms with Crippen molar-refractivity contribution in [2.75, 3.05) is 17.0 Å². The summed E-state index contributed by atoms with van der Waals surface area (Å²) in [6.07, 6.45) is 10.2. The molecule has 9 nitrogen and oxygen atoms in total. The quantitative estimate of drug-likeness (QED) is 0.628. The van der Waals surface area contributed by atoms with Gasteiger partial charge in [0.15, 0.2) is 0 Å². The maximum Gasteiger partial charge on any atom is 0.245 e. The monoisotopic (exact) mass is 436 g/mol. The summed E-state index contributed by atoms with van der Waals surface area (Å²) in [4.78, 5) is 6.17. The summed E-state index contributed by atoms with van der Waals surface area (Å²) in [6, 6.07) is 4.77. The van der Waals surface area contributed by atoms with Gasteiger partial charge in [-0.2, -0.15) is 5.10 Å². The van der Waals surface area contributed by atoms with Crippen LogP contribution in [0.15, 0.2) is 53.9 Å². The molecule has 3 N–H and O–H groups in total. The Labute approximate surface area is 185 Å². The van der Waals surface area contributed by atoms with E-state index in [1.807, 2.05) is 25.1 Å². The number of hydrogen-bond donors (Lipinski definition) is 3. The third-order valence-corrected chi connectivity index (χ3v) is 6.36. The van der Waals surface area contributed by atoms with Crippen molar-refractivity contribution in [1.82, 2.24) is 26.0 Å². The largest absolute Gasteiger partial charge is 0.507 e. The molecule has 1 fully saturated rings. The second-order valence-electron chi connectivity index (χ2n) is 8.88. The zero-order valence-corrected chi connectivity index (χ0v) is 18.1. The fourth-order valence-corrected chi connectivity index (χ4v) is 4.64. The Morgan fingerprint density at radius 1 is 1.25 bits per heavy atom. The highest BCUT2D eigenvalue weighted by molar-refractivity contribution is 5.75. The number of phenolic OH excluding ortho intramolecular Hbond substituents is 1. The third-order valence-electron chi connectivity index (χ3n) is 6.36. The van der Waals surface area contributed by atoms with Gasteiger partial charge in [0.2, 0.25) is 5.95 Å². The normalized spacial score (nSPS) is 30.4. The van der Waals surface area contributed by atoms with E-state index in [1.165, 1.54) is 0 Å². The highest BCUT2D eigenvalue weighted by Crippen LogP contribution is 2.41. The van der Waals surface area contributed by atoms with Gasteiger partial charge in [-0.05, 0) is 38.5 Å². The molecule has 4 atom stereocenters. The molecule has 4 heterocycles. The van der Waals surface area contributed by atoms with Crippen molar-refractivity contribution in [3.8, 4) is 17.0 Å². The number of alkyl halides is 1. The van der Waals surface area contributed by atoms with Crippen LogP contribution in [0.25, 0.3) is 11.3 Å². The molecule has 2 aromatic rings. The summed E-state index contributed by atoms with van der Waals surface area (Å²) >= 11 is 0. The zero-order valence-electron chi connectivity index (χ0n) is 18.1. The molecule has 10 heteroatoms. The number of aromatic nitrogens is 3. The van der Waals surface area contributed by atoms with E-state index < -0.39 is 17.8 Å². The Balaban J connectivity index is 1.35. The number of nitrogens with one attached hydrogen (secondary N) is 2. The summed E-state index contributed by atoms with van der Waals surface area (Å²) in [5, 5.41) is 28.0. The van der Waals surface area contributed by atoms with E-state index in [4.69, 9.17) is 0 Å². The van der Waals surface area contributed by atoms with Crippen LogP contribution < -0.4 is 20.8 Å². The molecule has 1 saturated heterocycles. The number of piperidine rings is 1. The van der Waals surface area contributed by atoms with Gasteiger partial charge in [-0.3, -0.25) is 5.32 Å². The Bertz CT molecular complexity index is 1120. The van der Waals surface area contributed by atoms with Gasteiger partial charge >= 0.3 is 0 Å². The SMILES string of the molecule is CN(c1ncc(-c2ccc(N3C=CC=NN3)cc2O)nn1)[C@H]1C[C@]2(C)C=C[C@@](C)(N2)[C@@H]1F. The first kappa shape index (κ1) is 20.4. The van der Waals surface area contributed by atoms with Crippen LogP contribution in [0.4, 0.5) is 16.0 Å². The van der Waals surface area contributed by atoms with Crippen molar-refractivity contribution in [3.05, 3.63) is 48.8 Å². The average molecular weight is 436 g/mol.